The number of thiophene rings is 1. The van der Waals surface area contributed by atoms with Crippen molar-refractivity contribution in [1.29, 1.82) is 0 Å². The maximum atomic E-state index is 3.55. The second kappa shape index (κ2) is 2.12. The first-order valence-corrected chi connectivity index (χ1v) is 5.48. The summed E-state index contributed by atoms with van der Waals surface area (Å²) in [4.78, 5) is 1.60. The van der Waals surface area contributed by atoms with Crippen LogP contribution in [0.25, 0.3) is 0 Å². The van der Waals surface area contributed by atoms with Gasteiger partial charge in [-0.2, -0.15) is 0 Å². The zero-order chi connectivity index (χ0) is 8.18. The predicted octanol–water partition coefficient (Wildman–Crippen LogP) is 2.00. The maximum Gasteiger partial charge on any atom is 0.0218 e. The molecule has 0 aromatic carbocycles. The molecule has 2 aliphatic rings. The number of hydrogen-bond donors (Lipinski definition) is 1. The Morgan fingerprint density at radius 2 is 2.58 bits per heavy atom. The number of hydrogen-bond acceptors (Lipinski definition) is 2. The molecule has 64 valence electrons. The van der Waals surface area contributed by atoms with Crippen molar-refractivity contribution >= 4 is 11.3 Å². The van der Waals surface area contributed by atoms with Crippen LogP contribution in [0.3, 0.4) is 0 Å². The fourth-order valence-electron chi connectivity index (χ4n) is 2.61. The molecule has 12 heavy (non-hydrogen) atoms. The summed E-state index contributed by atoms with van der Waals surface area (Å²) in [6.45, 7) is 3.52. The highest BCUT2D eigenvalue weighted by molar-refractivity contribution is 7.10. The lowest BCUT2D eigenvalue weighted by atomic mass is 10.0. The van der Waals surface area contributed by atoms with Gasteiger partial charge in [-0.1, -0.05) is 6.07 Å². The Bertz CT molecular complexity index is 293. The molecule has 0 bridgehead atoms. The van der Waals surface area contributed by atoms with E-state index in [0.29, 0.717) is 5.41 Å². The smallest absolute Gasteiger partial charge is 0.0218 e. The summed E-state index contributed by atoms with van der Waals surface area (Å²) >= 11 is 1.92. The second-order valence-corrected chi connectivity index (χ2v) is 5.06. The molecule has 1 aromatic heterocycles. The van der Waals surface area contributed by atoms with Crippen LogP contribution in [-0.4, -0.2) is 12.6 Å². The second-order valence-electron chi connectivity index (χ2n) is 4.11. The van der Waals surface area contributed by atoms with Crippen molar-refractivity contribution in [3.63, 3.8) is 0 Å². The van der Waals surface area contributed by atoms with Crippen molar-refractivity contribution in [3.05, 3.63) is 22.4 Å². The number of fused-ring (bicyclic) bond motifs is 1. The fourth-order valence-corrected chi connectivity index (χ4v) is 3.61. The minimum Gasteiger partial charge on any atom is -0.313 e. The first kappa shape index (κ1) is 7.10. The highest BCUT2D eigenvalue weighted by atomic mass is 32.1. The third-order valence-corrected chi connectivity index (χ3v) is 4.58. The molecule has 0 radical (unpaired) electrons. The molecule has 3 rings (SSSR count). The first-order chi connectivity index (χ1) is 5.83. The van der Waals surface area contributed by atoms with Gasteiger partial charge in [0.1, 0.15) is 0 Å². The third-order valence-electron chi connectivity index (χ3n) is 3.49. The SMILES string of the molecule is C[C@H]1NC[C@]2(c3cccs3)C[C@H]12. The minimum absolute atomic E-state index is 0.563. The van der Waals surface area contributed by atoms with E-state index in [-0.39, 0.29) is 0 Å². The maximum absolute atomic E-state index is 3.55. The van der Waals surface area contributed by atoms with Gasteiger partial charge in [-0.3, -0.25) is 0 Å². The molecule has 1 N–H and O–H groups in total. The molecule has 3 atom stereocenters. The van der Waals surface area contributed by atoms with Crippen LogP contribution < -0.4 is 5.32 Å². The summed E-state index contributed by atoms with van der Waals surface area (Å²) in [5.41, 5.74) is 0.563. The average Bonchev–Trinajstić information content (AvgIpc) is 2.49. The van der Waals surface area contributed by atoms with Crippen molar-refractivity contribution in [2.45, 2.75) is 24.8 Å². The highest BCUT2D eigenvalue weighted by Crippen LogP contribution is 2.59. The molecule has 1 aliphatic heterocycles. The van der Waals surface area contributed by atoms with Gasteiger partial charge in [0.25, 0.3) is 0 Å². The Morgan fingerprint density at radius 1 is 1.67 bits per heavy atom. The van der Waals surface area contributed by atoms with E-state index in [1.165, 1.54) is 13.0 Å². The Hall–Kier alpha value is -0.340. The molecule has 1 aliphatic carbocycles. The van der Waals surface area contributed by atoms with Gasteiger partial charge in [0.05, 0.1) is 0 Å². The Balaban J connectivity index is 1.97. The molecule has 0 spiro atoms. The van der Waals surface area contributed by atoms with E-state index in [9.17, 15) is 0 Å². The van der Waals surface area contributed by atoms with E-state index < -0.39 is 0 Å². The van der Waals surface area contributed by atoms with E-state index in [0.717, 1.165) is 12.0 Å². The average molecular weight is 179 g/mol. The summed E-state index contributed by atoms with van der Waals surface area (Å²) in [5.74, 6) is 0.927. The quantitative estimate of drug-likeness (QED) is 0.695. The van der Waals surface area contributed by atoms with Crippen LogP contribution in [0.1, 0.15) is 18.2 Å². The van der Waals surface area contributed by atoms with Crippen molar-refractivity contribution in [3.8, 4) is 0 Å². The predicted molar refractivity (Wildman–Crippen MR) is 51.6 cm³/mol. The Morgan fingerprint density at radius 3 is 3.08 bits per heavy atom. The molecule has 1 nitrogen and oxygen atoms in total. The van der Waals surface area contributed by atoms with Gasteiger partial charge in [-0.05, 0) is 30.7 Å². The largest absolute Gasteiger partial charge is 0.313 e. The van der Waals surface area contributed by atoms with Crippen LogP contribution in [0.4, 0.5) is 0 Å². The van der Waals surface area contributed by atoms with Crippen molar-refractivity contribution < 1.29 is 0 Å². The zero-order valence-corrected chi connectivity index (χ0v) is 8.03. The molecule has 2 heteroatoms. The van der Waals surface area contributed by atoms with E-state index >= 15 is 0 Å². The molecule has 2 heterocycles. The molecule has 2 fully saturated rings. The summed E-state index contributed by atoms with van der Waals surface area (Å²) in [5, 5.41) is 5.75. The molecule has 0 amide bonds. The van der Waals surface area contributed by atoms with Crippen LogP contribution in [-0.2, 0) is 5.41 Å². The lowest BCUT2D eigenvalue weighted by Gasteiger charge is -2.07. The summed E-state index contributed by atoms with van der Waals surface area (Å²) < 4.78 is 0. The van der Waals surface area contributed by atoms with Gasteiger partial charge in [-0.15, -0.1) is 11.3 Å². The van der Waals surface area contributed by atoms with Crippen molar-refractivity contribution in [2.75, 3.05) is 6.54 Å². The van der Waals surface area contributed by atoms with Gasteiger partial charge in [-0.25, -0.2) is 0 Å². The van der Waals surface area contributed by atoms with Gasteiger partial charge >= 0.3 is 0 Å². The van der Waals surface area contributed by atoms with Gasteiger partial charge < -0.3 is 5.32 Å². The Labute approximate surface area is 76.8 Å². The minimum atomic E-state index is 0.563. The number of rotatable bonds is 1. The van der Waals surface area contributed by atoms with Gasteiger partial charge in [0, 0.05) is 22.9 Å². The summed E-state index contributed by atoms with van der Waals surface area (Å²) in [7, 11) is 0. The monoisotopic (exact) mass is 179 g/mol. The molecule has 1 saturated heterocycles. The lowest BCUT2D eigenvalue weighted by Crippen LogP contribution is -2.24. The first-order valence-electron chi connectivity index (χ1n) is 4.60. The highest BCUT2D eigenvalue weighted by Gasteiger charge is 2.61. The number of piperidine rings is 1. The molecule has 1 saturated carbocycles. The van der Waals surface area contributed by atoms with Crippen LogP contribution in [0.5, 0.6) is 0 Å². The van der Waals surface area contributed by atoms with E-state index in [4.69, 9.17) is 0 Å². The summed E-state index contributed by atoms with van der Waals surface area (Å²) in [6.07, 6.45) is 1.42. The Kier molecular flexibility index (Phi) is 1.25. The normalized spacial score (nSPS) is 44.4. The van der Waals surface area contributed by atoms with Crippen molar-refractivity contribution in [2.24, 2.45) is 5.92 Å². The molecular formula is C10H13NS. The van der Waals surface area contributed by atoms with Crippen molar-refractivity contribution in [1.82, 2.24) is 5.32 Å². The van der Waals surface area contributed by atoms with Crippen LogP contribution >= 0.6 is 11.3 Å². The van der Waals surface area contributed by atoms with Crippen LogP contribution in [0.15, 0.2) is 17.5 Å². The zero-order valence-electron chi connectivity index (χ0n) is 7.21. The summed E-state index contributed by atoms with van der Waals surface area (Å²) in [6, 6.07) is 5.21. The van der Waals surface area contributed by atoms with Crippen LogP contribution in [0.2, 0.25) is 0 Å². The molecule has 1 aromatic rings. The standard InChI is InChI=1S/C10H13NS/c1-7-8-5-10(8,6-11-7)9-3-2-4-12-9/h2-4,7-8,11H,5-6H2,1H3/t7-,8-,10-/m1/s1. The fraction of sp³-hybridized carbons (Fsp3) is 0.600. The third kappa shape index (κ3) is 0.723. The van der Waals surface area contributed by atoms with Gasteiger partial charge in [0.2, 0.25) is 0 Å². The van der Waals surface area contributed by atoms with Crippen LogP contribution in [0, 0.1) is 5.92 Å². The van der Waals surface area contributed by atoms with Gasteiger partial charge in [0.15, 0.2) is 0 Å². The molecule has 0 unspecified atom stereocenters. The van der Waals surface area contributed by atoms with E-state index in [1.807, 2.05) is 11.3 Å². The molecular weight excluding hydrogens is 166 g/mol. The lowest BCUT2D eigenvalue weighted by molar-refractivity contribution is 0.578. The number of nitrogens with one attached hydrogen (secondary N) is 1. The van der Waals surface area contributed by atoms with E-state index in [1.54, 1.807) is 4.88 Å². The topological polar surface area (TPSA) is 12.0 Å². The van der Waals surface area contributed by atoms with E-state index in [2.05, 4.69) is 29.8 Å².